The Labute approximate surface area is 112 Å². The van der Waals surface area contributed by atoms with Crippen molar-refractivity contribution in [2.75, 3.05) is 6.61 Å². The molecular weight excluding hydrogens is 250 g/mol. The molecule has 0 radical (unpaired) electrons. The molecule has 0 amide bonds. The maximum absolute atomic E-state index is 12.1. The number of carbonyl (C=O) groups is 2. The van der Waals surface area contributed by atoms with Gasteiger partial charge in [0.1, 0.15) is 0 Å². The molecule has 1 aliphatic carbocycles. The van der Waals surface area contributed by atoms with E-state index in [0.717, 1.165) is 19.3 Å². The lowest BCUT2D eigenvalue weighted by atomic mass is 9.70. The summed E-state index contributed by atoms with van der Waals surface area (Å²) in [6, 6.07) is 0. The van der Waals surface area contributed by atoms with Crippen LogP contribution < -0.4 is 5.73 Å². The molecule has 1 rings (SSSR count). The molecule has 1 saturated carbocycles. The van der Waals surface area contributed by atoms with E-state index >= 15 is 0 Å². The Bertz CT molecular complexity index is 334. The Morgan fingerprint density at radius 2 is 1.89 bits per heavy atom. The van der Waals surface area contributed by atoms with E-state index in [9.17, 15) is 14.7 Å². The van der Waals surface area contributed by atoms with Crippen LogP contribution in [0.1, 0.15) is 51.9 Å². The third-order valence-corrected chi connectivity index (χ3v) is 3.87. The number of carbonyl (C=O) groups excluding carboxylic acids is 1. The summed E-state index contributed by atoms with van der Waals surface area (Å²) in [6.07, 6.45) is 4.31. The van der Waals surface area contributed by atoms with Crippen molar-refractivity contribution in [3.63, 3.8) is 0 Å². The fourth-order valence-electron chi connectivity index (χ4n) is 2.61. The molecule has 1 atom stereocenters. The van der Waals surface area contributed by atoms with Crippen LogP contribution in [0.2, 0.25) is 0 Å². The Balaban J connectivity index is 2.75. The largest absolute Gasteiger partial charge is 0.478 e. The fourth-order valence-corrected chi connectivity index (χ4v) is 2.61. The third-order valence-electron chi connectivity index (χ3n) is 3.87. The van der Waals surface area contributed by atoms with Gasteiger partial charge in [0.2, 0.25) is 5.72 Å². The van der Waals surface area contributed by atoms with Crippen molar-refractivity contribution < 1.29 is 24.5 Å². The molecule has 0 aliphatic heterocycles. The van der Waals surface area contributed by atoms with Gasteiger partial charge in [-0.3, -0.25) is 10.5 Å². The Morgan fingerprint density at radius 1 is 1.32 bits per heavy atom. The lowest BCUT2D eigenvalue weighted by Gasteiger charge is -2.36. The Morgan fingerprint density at radius 3 is 2.37 bits per heavy atom. The minimum atomic E-state index is -2.28. The van der Waals surface area contributed by atoms with Gasteiger partial charge in [-0.1, -0.05) is 19.3 Å². The molecule has 4 N–H and O–H groups in total. The molecule has 0 bridgehead atoms. The minimum absolute atomic E-state index is 0.152. The molecule has 0 saturated heterocycles. The first kappa shape index (κ1) is 15.9. The lowest BCUT2D eigenvalue weighted by Crippen LogP contribution is -2.49. The molecule has 6 nitrogen and oxygen atoms in total. The van der Waals surface area contributed by atoms with E-state index in [1.165, 1.54) is 0 Å². The molecule has 0 aromatic heterocycles. The van der Waals surface area contributed by atoms with E-state index in [-0.39, 0.29) is 18.8 Å². The van der Waals surface area contributed by atoms with Gasteiger partial charge < -0.3 is 14.9 Å². The van der Waals surface area contributed by atoms with Crippen LogP contribution in [-0.4, -0.2) is 34.5 Å². The van der Waals surface area contributed by atoms with Gasteiger partial charge in [0.05, 0.1) is 12.0 Å². The molecule has 6 heteroatoms. The van der Waals surface area contributed by atoms with Crippen molar-refractivity contribution in [1.82, 2.24) is 0 Å². The van der Waals surface area contributed by atoms with Gasteiger partial charge in [0.25, 0.3) is 0 Å². The van der Waals surface area contributed by atoms with E-state index in [0.29, 0.717) is 19.4 Å². The number of rotatable bonds is 6. The maximum atomic E-state index is 12.1. The molecule has 0 aromatic rings. The molecule has 0 heterocycles. The van der Waals surface area contributed by atoms with Crippen molar-refractivity contribution in [3.8, 4) is 0 Å². The zero-order valence-corrected chi connectivity index (χ0v) is 11.4. The summed E-state index contributed by atoms with van der Waals surface area (Å²) >= 11 is 0. The number of carboxylic acid groups (broad SMARTS) is 1. The van der Waals surface area contributed by atoms with E-state index in [4.69, 9.17) is 15.6 Å². The second-order valence-corrected chi connectivity index (χ2v) is 5.29. The molecule has 1 unspecified atom stereocenters. The van der Waals surface area contributed by atoms with Crippen molar-refractivity contribution in [2.24, 2.45) is 11.1 Å². The number of carboxylic acids is 1. The monoisotopic (exact) mass is 273 g/mol. The van der Waals surface area contributed by atoms with Crippen LogP contribution in [0, 0.1) is 5.41 Å². The second kappa shape index (κ2) is 6.34. The Kier molecular flexibility index (Phi) is 5.31. The number of aliphatic carboxylic acids is 1. The number of aliphatic hydroxyl groups is 1. The molecule has 0 aromatic carbocycles. The highest BCUT2D eigenvalue weighted by Gasteiger charge is 2.43. The first-order valence-corrected chi connectivity index (χ1v) is 6.76. The minimum Gasteiger partial charge on any atom is -0.478 e. The maximum Gasteiger partial charge on any atom is 0.350 e. The first-order valence-electron chi connectivity index (χ1n) is 6.76. The van der Waals surface area contributed by atoms with Crippen molar-refractivity contribution in [3.05, 3.63) is 0 Å². The quantitative estimate of drug-likeness (QED) is 0.492. The van der Waals surface area contributed by atoms with Gasteiger partial charge >= 0.3 is 11.9 Å². The highest BCUT2D eigenvalue weighted by Crippen LogP contribution is 2.42. The zero-order chi connectivity index (χ0) is 14.5. The summed E-state index contributed by atoms with van der Waals surface area (Å²) in [5.74, 6) is -1.77. The number of esters is 1. The summed E-state index contributed by atoms with van der Waals surface area (Å²) in [5.41, 5.74) is 2.35. The van der Waals surface area contributed by atoms with Gasteiger partial charge in [-0.05, 0) is 26.2 Å². The molecule has 1 fully saturated rings. The van der Waals surface area contributed by atoms with Crippen LogP contribution in [0.25, 0.3) is 0 Å². The fraction of sp³-hybridized carbons (Fsp3) is 0.846. The van der Waals surface area contributed by atoms with Gasteiger partial charge in [-0.25, -0.2) is 4.79 Å². The molecule has 1 aliphatic rings. The van der Waals surface area contributed by atoms with E-state index in [1.807, 2.05) is 0 Å². The van der Waals surface area contributed by atoms with E-state index in [1.54, 1.807) is 6.92 Å². The molecule has 110 valence electrons. The number of hydrogen-bond donors (Lipinski definition) is 3. The number of ether oxygens (including phenoxy) is 1. The average molecular weight is 273 g/mol. The van der Waals surface area contributed by atoms with Gasteiger partial charge in [0, 0.05) is 6.42 Å². The predicted octanol–water partition coefficient (Wildman–Crippen LogP) is 1.01. The SMILES string of the molecule is CCOC(=O)C1(CCC(N)(O)C(=O)O)CCCCC1. The van der Waals surface area contributed by atoms with Crippen molar-refractivity contribution >= 4 is 11.9 Å². The second-order valence-electron chi connectivity index (χ2n) is 5.29. The van der Waals surface area contributed by atoms with E-state index < -0.39 is 17.1 Å². The number of nitrogens with two attached hydrogens (primary N) is 1. The van der Waals surface area contributed by atoms with Crippen LogP contribution in [-0.2, 0) is 14.3 Å². The standard InChI is InChI=1S/C13H23NO5/c1-2-19-11(17)12(6-4-3-5-7-12)8-9-13(14,18)10(15)16/h18H,2-9,14H2,1H3,(H,15,16). The molecule has 0 spiro atoms. The lowest BCUT2D eigenvalue weighted by molar-refractivity contribution is -0.165. The molecule has 19 heavy (non-hydrogen) atoms. The summed E-state index contributed by atoms with van der Waals surface area (Å²) in [6.45, 7) is 2.04. The molecular formula is C13H23NO5. The van der Waals surface area contributed by atoms with Crippen LogP contribution in [0.4, 0.5) is 0 Å². The number of hydrogen-bond acceptors (Lipinski definition) is 5. The smallest absolute Gasteiger partial charge is 0.350 e. The van der Waals surface area contributed by atoms with Gasteiger partial charge in [-0.15, -0.1) is 0 Å². The van der Waals surface area contributed by atoms with E-state index in [2.05, 4.69) is 0 Å². The van der Waals surface area contributed by atoms with Gasteiger partial charge in [-0.2, -0.15) is 0 Å². The van der Waals surface area contributed by atoms with Gasteiger partial charge in [0.15, 0.2) is 0 Å². The topological polar surface area (TPSA) is 110 Å². The highest BCUT2D eigenvalue weighted by atomic mass is 16.5. The van der Waals surface area contributed by atoms with Crippen molar-refractivity contribution in [1.29, 1.82) is 0 Å². The normalized spacial score (nSPS) is 21.4. The zero-order valence-electron chi connectivity index (χ0n) is 11.4. The summed E-state index contributed by atoms with van der Waals surface area (Å²) in [7, 11) is 0. The predicted molar refractivity (Wildman–Crippen MR) is 68.2 cm³/mol. The Hall–Kier alpha value is -1.14. The van der Waals surface area contributed by atoms with Crippen LogP contribution in [0.5, 0.6) is 0 Å². The highest BCUT2D eigenvalue weighted by molar-refractivity contribution is 5.78. The summed E-state index contributed by atoms with van der Waals surface area (Å²) in [4.78, 5) is 22.9. The van der Waals surface area contributed by atoms with Crippen molar-refractivity contribution in [2.45, 2.75) is 57.6 Å². The van der Waals surface area contributed by atoms with Crippen LogP contribution in [0.15, 0.2) is 0 Å². The summed E-state index contributed by atoms with van der Waals surface area (Å²) in [5, 5.41) is 18.4. The first-order chi connectivity index (χ1) is 8.84. The average Bonchev–Trinajstić information content (AvgIpc) is 2.38. The van der Waals surface area contributed by atoms with Crippen LogP contribution >= 0.6 is 0 Å². The van der Waals surface area contributed by atoms with Crippen LogP contribution in [0.3, 0.4) is 0 Å². The third kappa shape index (κ3) is 3.91. The summed E-state index contributed by atoms with van der Waals surface area (Å²) < 4.78 is 5.10.